The zero-order valence-electron chi connectivity index (χ0n) is 23.3. The summed E-state index contributed by atoms with van der Waals surface area (Å²) in [6.07, 6.45) is 4.73. The third kappa shape index (κ3) is 8.65. The van der Waals surface area contributed by atoms with Crippen LogP contribution in [0.3, 0.4) is 0 Å². The Morgan fingerprint density at radius 2 is 1.12 bits per heavy atom. The van der Waals surface area contributed by atoms with E-state index >= 15 is 0 Å². The summed E-state index contributed by atoms with van der Waals surface area (Å²) in [7, 11) is 0. The molecular weight excluding hydrogens is 510 g/mol. The average Bonchev–Trinajstić information content (AvgIpc) is 3.24. The van der Waals surface area contributed by atoms with Gasteiger partial charge in [-0.15, -0.1) is 0 Å². The molecule has 1 amide bonds. The van der Waals surface area contributed by atoms with Gasteiger partial charge in [-0.1, -0.05) is 133 Å². The van der Waals surface area contributed by atoms with Gasteiger partial charge in [-0.05, 0) is 28.7 Å². The van der Waals surface area contributed by atoms with Crippen molar-refractivity contribution in [3.05, 3.63) is 156 Å². The van der Waals surface area contributed by atoms with E-state index in [9.17, 15) is 4.79 Å². The summed E-state index contributed by atoms with van der Waals surface area (Å²) < 4.78 is 18.8. The number of nitrogens with zero attached hydrogens (tertiary/aromatic N) is 1. The molecule has 1 aliphatic carbocycles. The van der Waals surface area contributed by atoms with Gasteiger partial charge in [0.2, 0.25) is 0 Å². The standard InChI is InChI=1S/C36H37NO4/c38-36(41-28-32-20-11-4-12-21-32)37(25-29-14-5-1-6-15-29)34-23-13-22-33(39-26-30-16-7-2-8-17-30)24-35(34)40-27-31-18-9-3-10-19-31/h1-22,33-35H,23-28H2/t33-,34-,35+/m1/s1. The number of hydrogen-bond donors (Lipinski definition) is 0. The fourth-order valence-electron chi connectivity index (χ4n) is 5.07. The highest BCUT2D eigenvalue weighted by Gasteiger charge is 2.35. The summed E-state index contributed by atoms with van der Waals surface area (Å²) in [6.45, 7) is 1.60. The summed E-state index contributed by atoms with van der Waals surface area (Å²) in [5, 5.41) is 0. The van der Waals surface area contributed by atoms with Gasteiger partial charge in [-0.2, -0.15) is 0 Å². The number of hydrogen-bond acceptors (Lipinski definition) is 4. The number of rotatable bonds is 11. The second-order valence-corrected chi connectivity index (χ2v) is 10.3. The molecule has 210 valence electrons. The molecular formula is C36H37NO4. The zero-order valence-corrected chi connectivity index (χ0v) is 23.3. The predicted molar refractivity (Wildman–Crippen MR) is 161 cm³/mol. The maximum absolute atomic E-state index is 13.7. The van der Waals surface area contributed by atoms with Crippen molar-refractivity contribution in [2.24, 2.45) is 0 Å². The number of amides is 1. The smallest absolute Gasteiger partial charge is 0.410 e. The normalized spacial score (nSPS) is 18.4. The fraction of sp³-hybridized carbons (Fsp3) is 0.250. The van der Waals surface area contributed by atoms with Crippen molar-refractivity contribution in [1.29, 1.82) is 0 Å². The van der Waals surface area contributed by atoms with E-state index in [-0.39, 0.29) is 30.9 Å². The van der Waals surface area contributed by atoms with E-state index in [4.69, 9.17) is 14.2 Å². The van der Waals surface area contributed by atoms with Gasteiger partial charge in [0.15, 0.2) is 0 Å². The van der Waals surface area contributed by atoms with Gasteiger partial charge in [0.1, 0.15) is 6.61 Å². The third-order valence-corrected chi connectivity index (χ3v) is 7.27. The van der Waals surface area contributed by atoms with Crippen molar-refractivity contribution in [1.82, 2.24) is 4.90 Å². The Bertz CT molecular complexity index is 1350. The molecule has 0 aliphatic heterocycles. The van der Waals surface area contributed by atoms with Crippen molar-refractivity contribution >= 4 is 6.09 Å². The summed E-state index contributed by atoms with van der Waals surface area (Å²) in [5.74, 6) is 0. The molecule has 0 N–H and O–H groups in total. The van der Waals surface area contributed by atoms with Crippen LogP contribution in [0.4, 0.5) is 4.79 Å². The first-order valence-electron chi connectivity index (χ1n) is 14.2. The van der Waals surface area contributed by atoms with Gasteiger partial charge >= 0.3 is 6.09 Å². The molecule has 3 atom stereocenters. The third-order valence-electron chi connectivity index (χ3n) is 7.27. The Kier molecular flexibility index (Phi) is 10.4. The van der Waals surface area contributed by atoms with Gasteiger partial charge in [0.05, 0.1) is 31.5 Å². The Hall–Kier alpha value is -4.19. The monoisotopic (exact) mass is 547 g/mol. The van der Waals surface area contributed by atoms with Crippen LogP contribution in [0, 0.1) is 0 Å². The molecule has 4 aromatic carbocycles. The number of carbonyl (C=O) groups excluding carboxylic acids is 1. The average molecular weight is 548 g/mol. The van der Waals surface area contributed by atoms with Gasteiger partial charge in [0, 0.05) is 13.0 Å². The maximum Gasteiger partial charge on any atom is 0.410 e. The van der Waals surface area contributed by atoms with Gasteiger partial charge in [0.25, 0.3) is 0 Å². The minimum absolute atomic E-state index is 0.139. The molecule has 0 spiro atoms. The van der Waals surface area contributed by atoms with Crippen LogP contribution < -0.4 is 0 Å². The lowest BCUT2D eigenvalue weighted by atomic mass is 10.0. The molecule has 41 heavy (non-hydrogen) atoms. The Balaban J connectivity index is 1.36. The lowest BCUT2D eigenvalue weighted by molar-refractivity contribution is -0.0521. The molecule has 0 unspecified atom stereocenters. The number of carbonyl (C=O) groups is 1. The van der Waals surface area contributed by atoms with E-state index < -0.39 is 0 Å². The second-order valence-electron chi connectivity index (χ2n) is 10.3. The molecule has 5 nitrogen and oxygen atoms in total. The largest absolute Gasteiger partial charge is 0.445 e. The topological polar surface area (TPSA) is 48.0 Å². The van der Waals surface area contributed by atoms with E-state index in [1.54, 1.807) is 0 Å². The molecule has 5 heteroatoms. The molecule has 0 heterocycles. The van der Waals surface area contributed by atoms with Crippen molar-refractivity contribution < 1.29 is 19.0 Å². The fourth-order valence-corrected chi connectivity index (χ4v) is 5.07. The minimum Gasteiger partial charge on any atom is -0.445 e. The zero-order chi connectivity index (χ0) is 28.1. The Morgan fingerprint density at radius 1 is 0.634 bits per heavy atom. The molecule has 4 aromatic rings. The van der Waals surface area contributed by atoms with E-state index in [1.807, 2.05) is 102 Å². The molecule has 0 saturated carbocycles. The highest BCUT2D eigenvalue weighted by molar-refractivity contribution is 5.68. The SMILES string of the molecule is O=C(OCc1ccccc1)N(Cc1ccccc1)[C@@H]1CC=C[C@@H](OCc2ccccc2)C[C@@H]1OCc1ccccc1. The Labute approximate surface area is 243 Å². The van der Waals surface area contributed by atoms with Crippen LogP contribution in [-0.4, -0.2) is 29.2 Å². The van der Waals surface area contributed by atoms with Crippen molar-refractivity contribution in [3.63, 3.8) is 0 Å². The summed E-state index contributed by atoms with van der Waals surface area (Å²) in [4.78, 5) is 15.6. The van der Waals surface area contributed by atoms with Crippen LogP contribution in [0.5, 0.6) is 0 Å². The van der Waals surface area contributed by atoms with Crippen LogP contribution >= 0.6 is 0 Å². The number of ether oxygens (including phenoxy) is 3. The van der Waals surface area contributed by atoms with Crippen LogP contribution in [-0.2, 0) is 40.6 Å². The second kappa shape index (κ2) is 15.0. The summed E-state index contributed by atoms with van der Waals surface area (Å²) >= 11 is 0. The molecule has 1 aliphatic rings. The van der Waals surface area contributed by atoms with Crippen molar-refractivity contribution in [2.75, 3.05) is 0 Å². The molecule has 0 radical (unpaired) electrons. The van der Waals surface area contributed by atoms with E-state index in [1.165, 1.54) is 0 Å². The lowest BCUT2D eigenvalue weighted by Crippen LogP contribution is -2.48. The Morgan fingerprint density at radius 3 is 1.68 bits per heavy atom. The van der Waals surface area contributed by atoms with E-state index in [0.717, 1.165) is 22.3 Å². The van der Waals surface area contributed by atoms with Crippen LogP contribution in [0.15, 0.2) is 133 Å². The summed E-state index contributed by atoms with van der Waals surface area (Å²) in [6, 6.07) is 39.9. The van der Waals surface area contributed by atoms with Crippen molar-refractivity contribution in [2.45, 2.75) is 57.5 Å². The van der Waals surface area contributed by atoms with Crippen molar-refractivity contribution in [3.8, 4) is 0 Å². The number of benzene rings is 4. The van der Waals surface area contributed by atoms with Crippen LogP contribution in [0.25, 0.3) is 0 Å². The molecule has 0 fully saturated rings. The van der Waals surface area contributed by atoms with Gasteiger partial charge < -0.3 is 14.2 Å². The lowest BCUT2D eigenvalue weighted by Gasteiger charge is -2.36. The molecule has 0 aromatic heterocycles. The molecule has 0 saturated heterocycles. The maximum atomic E-state index is 13.7. The minimum atomic E-state index is -0.354. The predicted octanol–water partition coefficient (Wildman–Crippen LogP) is 7.71. The highest BCUT2D eigenvalue weighted by Crippen LogP contribution is 2.27. The highest BCUT2D eigenvalue weighted by atomic mass is 16.6. The van der Waals surface area contributed by atoms with E-state index in [2.05, 4.69) is 36.4 Å². The van der Waals surface area contributed by atoms with E-state index in [0.29, 0.717) is 32.6 Å². The molecule has 0 bridgehead atoms. The summed E-state index contributed by atoms with van der Waals surface area (Å²) in [5.41, 5.74) is 4.20. The van der Waals surface area contributed by atoms with Gasteiger partial charge in [-0.25, -0.2) is 4.79 Å². The first kappa shape index (κ1) is 28.3. The first-order chi connectivity index (χ1) is 20.2. The first-order valence-corrected chi connectivity index (χ1v) is 14.2. The van der Waals surface area contributed by atoms with Gasteiger partial charge in [-0.3, -0.25) is 4.90 Å². The van der Waals surface area contributed by atoms with Crippen LogP contribution in [0.1, 0.15) is 35.1 Å². The quantitative estimate of drug-likeness (QED) is 0.180. The van der Waals surface area contributed by atoms with Crippen LogP contribution in [0.2, 0.25) is 0 Å². The molecule has 5 rings (SSSR count).